The molecule has 156 valence electrons. The smallest absolute Gasteiger partial charge is 0.244 e. The molecule has 0 aliphatic carbocycles. The fourth-order valence-corrected chi connectivity index (χ4v) is 5.18. The van der Waals surface area contributed by atoms with Crippen LogP contribution in [-0.2, 0) is 17.1 Å². The second-order valence-corrected chi connectivity index (χ2v) is 10.2. The molecule has 0 amide bonds. The summed E-state index contributed by atoms with van der Waals surface area (Å²) in [6.07, 6.45) is 0. The minimum absolute atomic E-state index is 0. The van der Waals surface area contributed by atoms with Crippen molar-refractivity contribution >= 4 is 67.2 Å². The molecule has 3 aromatic rings. The fraction of sp³-hybridized carbons (Fsp3) is 0.211. The van der Waals surface area contributed by atoms with E-state index in [-0.39, 0.29) is 26.9 Å². The Bertz CT molecular complexity index is 1220. The first-order chi connectivity index (χ1) is 13.1. The number of aryl methyl sites for hydroxylation is 1. The van der Waals surface area contributed by atoms with Crippen LogP contribution in [0.15, 0.2) is 51.7 Å². The number of hydrogen-bond acceptors (Lipinski definition) is 4. The van der Waals surface area contributed by atoms with E-state index in [1.165, 1.54) is 25.4 Å². The monoisotopic (exact) mass is 535 g/mol. The quantitative estimate of drug-likeness (QED) is 0.446. The molecule has 0 N–H and O–H groups in total. The Hall–Kier alpha value is -1.16. The van der Waals surface area contributed by atoms with Crippen molar-refractivity contribution in [1.82, 2.24) is 8.87 Å². The highest BCUT2D eigenvalue weighted by Crippen LogP contribution is 2.30. The third-order valence-electron chi connectivity index (χ3n) is 4.28. The van der Waals surface area contributed by atoms with Crippen LogP contribution < -0.4 is 4.80 Å². The van der Waals surface area contributed by atoms with Crippen molar-refractivity contribution in [3.8, 4) is 11.3 Å². The Kier molecular flexibility index (Phi) is 7.75. The number of aromatic nitrogens is 1. The number of nitrogens with zero attached hydrogens (tertiary/aromatic N) is 3. The van der Waals surface area contributed by atoms with E-state index in [4.69, 9.17) is 28.2 Å². The highest BCUT2D eigenvalue weighted by molar-refractivity contribution is 8.93. The maximum Gasteiger partial charge on any atom is 0.244 e. The summed E-state index contributed by atoms with van der Waals surface area (Å²) in [4.78, 5) is 5.58. The minimum Gasteiger partial charge on any atom is -0.320 e. The molecule has 0 bridgehead atoms. The van der Waals surface area contributed by atoms with Gasteiger partial charge in [0, 0.05) is 37.1 Å². The van der Waals surface area contributed by atoms with Gasteiger partial charge in [0.15, 0.2) is 4.80 Å². The Balaban J connectivity index is 0.00000300. The van der Waals surface area contributed by atoms with Gasteiger partial charge >= 0.3 is 0 Å². The molecule has 0 unspecified atom stereocenters. The Morgan fingerprint density at radius 2 is 1.79 bits per heavy atom. The summed E-state index contributed by atoms with van der Waals surface area (Å²) in [5.41, 5.74) is 3.41. The lowest BCUT2D eigenvalue weighted by Gasteiger charge is -2.14. The molecule has 0 aliphatic rings. The average molecular weight is 537 g/mol. The van der Waals surface area contributed by atoms with Crippen molar-refractivity contribution in [2.75, 3.05) is 14.1 Å². The van der Waals surface area contributed by atoms with E-state index in [9.17, 15) is 8.42 Å². The first kappa shape index (κ1) is 24.1. The standard InChI is InChI=1S/C19H19Cl2N3O2S2.BrH/c1-12-9-14(20)6-8-16(12)22-19-24(4)17(11-27-19)13-5-7-15(21)18(10-13)28(25,26)23(2)3;/h5-11H,1-4H3;1H. The second kappa shape index (κ2) is 9.32. The van der Waals surface area contributed by atoms with E-state index < -0.39 is 10.0 Å². The number of halogens is 3. The number of sulfonamides is 1. The molecule has 0 fully saturated rings. The minimum atomic E-state index is -3.64. The molecule has 0 saturated carbocycles. The zero-order chi connectivity index (χ0) is 20.6. The van der Waals surface area contributed by atoms with Gasteiger partial charge in [-0.2, -0.15) is 0 Å². The molecule has 29 heavy (non-hydrogen) atoms. The molecular formula is C19H20BrCl2N3O2S2. The summed E-state index contributed by atoms with van der Waals surface area (Å²) < 4.78 is 28.2. The molecule has 0 saturated heterocycles. The first-order valence-electron chi connectivity index (χ1n) is 8.29. The van der Waals surface area contributed by atoms with Crippen LogP contribution in [0.5, 0.6) is 0 Å². The van der Waals surface area contributed by atoms with E-state index in [1.807, 2.05) is 36.1 Å². The first-order valence-corrected chi connectivity index (χ1v) is 11.4. The van der Waals surface area contributed by atoms with Gasteiger partial charge in [-0.15, -0.1) is 28.3 Å². The van der Waals surface area contributed by atoms with Crippen LogP contribution in [-0.4, -0.2) is 31.4 Å². The van der Waals surface area contributed by atoms with E-state index in [2.05, 4.69) is 0 Å². The molecule has 10 heteroatoms. The number of hydrogen-bond donors (Lipinski definition) is 0. The third kappa shape index (κ3) is 4.95. The van der Waals surface area contributed by atoms with Crippen molar-refractivity contribution in [2.24, 2.45) is 12.0 Å². The Morgan fingerprint density at radius 1 is 1.10 bits per heavy atom. The van der Waals surface area contributed by atoms with Crippen LogP contribution in [0.2, 0.25) is 10.0 Å². The van der Waals surface area contributed by atoms with Gasteiger partial charge in [-0.05, 0) is 42.8 Å². The Morgan fingerprint density at radius 3 is 2.41 bits per heavy atom. The summed E-state index contributed by atoms with van der Waals surface area (Å²) in [6.45, 7) is 1.96. The zero-order valence-corrected chi connectivity index (χ0v) is 21.0. The largest absolute Gasteiger partial charge is 0.320 e. The summed E-state index contributed by atoms with van der Waals surface area (Å²) in [5, 5.41) is 2.81. The van der Waals surface area contributed by atoms with Crippen LogP contribution in [0, 0.1) is 6.92 Å². The molecule has 0 aliphatic heterocycles. The van der Waals surface area contributed by atoms with Crippen molar-refractivity contribution in [2.45, 2.75) is 11.8 Å². The SMILES string of the molecule is Br.Cc1cc(Cl)ccc1N=c1scc(-c2ccc(Cl)c(S(=O)(=O)N(C)C)c2)n1C. The molecule has 0 atom stereocenters. The molecular weight excluding hydrogens is 517 g/mol. The molecule has 2 aromatic carbocycles. The second-order valence-electron chi connectivity index (χ2n) is 6.44. The average Bonchev–Trinajstić information content (AvgIpc) is 2.98. The fourth-order valence-electron chi connectivity index (χ4n) is 2.64. The number of thiazole rings is 1. The molecule has 1 heterocycles. The van der Waals surface area contributed by atoms with Crippen LogP contribution >= 0.6 is 51.5 Å². The van der Waals surface area contributed by atoms with E-state index in [0.29, 0.717) is 5.02 Å². The van der Waals surface area contributed by atoms with E-state index >= 15 is 0 Å². The molecule has 0 spiro atoms. The van der Waals surface area contributed by atoms with Crippen LogP contribution in [0.1, 0.15) is 5.56 Å². The van der Waals surface area contributed by atoms with Crippen molar-refractivity contribution in [1.29, 1.82) is 0 Å². The third-order valence-corrected chi connectivity index (χ3v) is 7.73. The lowest BCUT2D eigenvalue weighted by Crippen LogP contribution is -2.22. The topological polar surface area (TPSA) is 54.7 Å². The van der Waals surface area contributed by atoms with Crippen LogP contribution in [0.3, 0.4) is 0 Å². The molecule has 3 rings (SSSR count). The van der Waals surface area contributed by atoms with Crippen molar-refractivity contribution in [3.05, 3.63) is 62.2 Å². The van der Waals surface area contributed by atoms with Crippen molar-refractivity contribution < 1.29 is 8.42 Å². The van der Waals surface area contributed by atoms with Gasteiger partial charge < -0.3 is 4.57 Å². The Labute approximate surface area is 195 Å². The van der Waals surface area contributed by atoms with E-state index in [1.54, 1.807) is 24.3 Å². The van der Waals surface area contributed by atoms with Gasteiger partial charge in [-0.3, -0.25) is 0 Å². The van der Waals surface area contributed by atoms with Crippen LogP contribution in [0.4, 0.5) is 5.69 Å². The normalized spacial score (nSPS) is 12.3. The van der Waals surface area contributed by atoms with Crippen LogP contribution in [0.25, 0.3) is 11.3 Å². The lowest BCUT2D eigenvalue weighted by atomic mass is 10.2. The maximum absolute atomic E-state index is 12.5. The van der Waals surface area contributed by atoms with Gasteiger partial charge in [-0.1, -0.05) is 29.3 Å². The number of rotatable bonds is 4. The summed E-state index contributed by atoms with van der Waals surface area (Å²) >= 11 is 13.6. The van der Waals surface area contributed by atoms with Crippen molar-refractivity contribution in [3.63, 3.8) is 0 Å². The zero-order valence-electron chi connectivity index (χ0n) is 16.2. The maximum atomic E-state index is 12.5. The predicted octanol–water partition coefficient (Wildman–Crippen LogP) is 5.43. The van der Waals surface area contributed by atoms with Gasteiger partial charge in [0.05, 0.1) is 16.4 Å². The summed E-state index contributed by atoms with van der Waals surface area (Å²) in [5.74, 6) is 0. The predicted molar refractivity (Wildman–Crippen MR) is 126 cm³/mol. The van der Waals surface area contributed by atoms with E-state index in [0.717, 1.165) is 31.6 Å². The molecule has 1 aromatic heterocycles. The summed E-state index contributed by atoms with van der Waals surface area (Å²) in [7, 11) is 1.21. The lowest BCUT2D eigenvalue weighted by molar-refractivity contribution is 0.521. The highest BCUT2D eigenvalue weighted by Gasteiger charge is 2.22. The highest BCUT2D eigenvalue weighted by atomic mass is 79.9. The van der Waals surface area contributed by atoms with Gasteiger partial charge in [-0.25, -0.2) is 17.7 Å². The summed E-state index contributed by atoms with van der Waals surface area (Å²) in [6, 6.07) is 10.5. The molecule has 0 radical (unpaired) electrons. The van der Waals surface area contributed by atoms with Gasteiger partial charge in [0.25, 0.3) is 0 Å². The van der Waals surface area contributed by atoms with Gasteiger partial charge in [0.2, 0.25) is 10.0 Å². The molecule has 5 nitrogen and oxygen atoms in total. The number of benzene rings is 2. The van der Waals surface area contributed by atoms with Gasteiger partial charge in [0.1, 0.15) is 4.90 Å².